The van der Waals surface area contributed by atoms with Crippen LogP contribution in [0.4, 0.5) is 11.4 Å². The summed E-state index contributed by atoms with van der Waals surface area (Å²) in [5.41, 5.74) is 1.09. The normalized spacial score (nSPS) is 28.5. The highest BCUT2D eigenvalue weighted by Gasteiger charge is 2.67. The van der Waals surface area contributed by atoms with Gasteiger partial charge in [0.05, 0.1) is 46.7 Å². The highest BCUT2D eigenvalue weighted by molar-refractivity contribution is 6.25. The first-order valence-electron chi connectivity index (χ1n) is 15.3. The number of rotatable bonds is 7. The molecule has 0 unspecified atom stereocenters. The Bertz CT molecular complexity index is 1800. The van der Waals surface area contributed by atoms with Crippen molar-refractivity contribution < 1.29 is 38.9 Å². The molecule has 3 aromatic carbocycles. The van der Waals surface area contributed by atoms with Crippen LogP contribution in [0.15, 0.2) is 90.5 Å². The zero-order valence-corrected chi connectivity index (χ0v) is 25.0. The van der Waals surface area contributed by atoms with Crippen molar-refractivity contribution in [1.82, 2.24) is 0 Å². The number of hydrogen-bond acceptors (Lipinski definition) is 7. The van der Waals surface area contributed by atoms with E-state index in [0.717, 1.165) is 16.0 Å². The molecule has 46 heavy (non-hydrogen) atoms. The number of hydrogen-bond donors (Lipinski definition) is 2. The molecular formula is C36H32N2O8. The summed E-state index contributed by atoms with van der Waals surface area (Å²) in [6.45, 7) is 1.81. The molecular weight excluding hydrogens is 588 g/mol. The molecule has 0 aromatic heterocycles. The number of aliphatic hydroxyl groups excluding tert-OH is 1. The Balaban J connectivity index is 1.33. The Morgan fingerprint density at radius 2 is 1.59 bits per heavy atom. The summed E-state index contributed by atoms with van der Waals surface area (Å²) in [6.07, 6.45) is 2.46. The van der Waals surface area contributed by atoms with Gasteiger partial charge in [-0.1, -0.05) is 48.0 Å². The predicted octanol–water partition coefficient (Wildman–Crippen LogP) is 4.19. The van der Waals surface area contributed by atoms with E-state index >= 15 is 0 Å². The van der Waals surface area contributed by atoms with E-state index in [1.807, 2.05) is 31.2 Å². The van der Waals surface area contributed by atoms with E-state index in [0.29, 0.717) is 11.4 Å². The first-order valence-corrected chi connectivity index (χ1v) is 15.3. The molecule has 0 spiro atoms. The largest absolute Gasteiger partial charge is 0.491 e. The molecule has 7 rings (SSSR count). The smallest absolute Gasteiger partial charge is 0.335 e. The molecule has 2 N–H and O–H groups in total. The van der Waals surface area contributed by atoms with Gasteiger partial charge in [-0.15, -0.1) is 0 Å². The van der Waals surface area contributed by atoms with Gasteiger partial charge in [0.1, 0.15) is 12.4 Å². The number of amides is 4. The quantitative estimate of drug-likeness (QED) is 0.296. The monoisotopic (exact) mass is 620 g/mol. The Hall–Kier alpha value is -5.09. The molecule has 1 saturated carbocycles. The third kappa shape index (κ3) is 4.31. The van der Waals surface area contributed by atoms with Gasteiger partial charge >= 0.3 is 5.97 Å². The van der Waals surface area contributed by atoms with Crippen molar-refractivity contribution in [2.75, 3.05) is 23.0 Å². The number of allylic oxidation sites excluding steroid dienone is 2. The topological polar surface area (TPSA) is 142 Å². The van der Waals surface area contributed by atoms with E-state index in [2.05, 4.69) is 0 Å². The summed E-state index contributed by atoms with van der Waals surface area (Å²) < 4.78 is 5.57. The van der Waals surface area contributed by atoms with Crippen LogP contribution in [0, 0.1) is 29.1 Å². The minimum Gasteiger partial charge on any atom is -0.491 e. The second-order valence-corrected chi connectivity index (χ2v) is 12.5. The molecule has 0 radical (unpaired) electrons. The van der Waals surface area contributed by atoms with Crippen molar-refractivity contribution in [3.05, 3.63) is 102 Å². The number of aliphatic hydroxyl groups is 1. The van der Waals surface area contributed by atoms with Gasteiger partial charge in [0.25, 0.3) is 0 Å². The lowest BCUT2D eigenvalue weighted by atomic mass is 9.51. The van der Waals surface area contributed by atoms with Crippen LogP contribution >= 0.6 is 0 Å². The summed E-state index contributed by atoms with van der Waals surface area (Å²) in [6, 6.07) is 21.8. The highest BCUT2D eigenvalue weighted by Crippen LogP contribution is 2.63. The number of benzene rings is 3. The van der Waals surface area contributed by atoms with E-state index in [-0.39, 0.29) is 49.1 Å². The second kappa shape index (κ2) is 11.1. The molecule has 0 bridgehead atoms. The first kappa shape index (κ1) is 29.6. The average Bonchev–Trinajstić information content (AvgIpc) is 3.44. The molecule has 3 aromatic rings. The number of carboxylic acid groups (broad SMARTS) is 1. The third-order valence-electron chi connectivity index (χ3n) is 10.2. The van der Waals surface area contributed by atoms with Crippen molar-refractivity contribution >= 4 is 41.0 Å². The van der Waals surface area contributed by atoms with Gasteiger partial charge in [0.15, 0.2) is 0 Å². The number of aromatic carboxylic acids is 1. The van der Waals surface area contributed by atoms with E-state index in [1.165, 1.54) is 23.1 Å². The number of imide groups is 2. The Morgan fingerprint density at radius 3 is 2.28 bits per heavy atom. The lowest BCUT2D eigenvalue weighted by Crippen LogP contribution is -2.48. The predicted molar refractivity (Wildman–Crippen MR) is 166 cm³/mol. The number of fused-ring (bicyclic) bond motifs is 4. The summed E-state index contributed by atoms with van der Waals surface area (Å²) in [7, 11) is 0. The molecule has 6 atom stereocenters. The Labute approximate surface area is 264 Å². The highest BCUT2D eigenvalue weighted by atomic mass is 16.5. The van der Waals surface area contributed by atoms with Gasteiger partial charge in [0.2, 0.25) is 23.6 Å². The van der Waals surface area contributed by atoms with Gasteiger partial charge in [-0.05, 0) is 73.7 Å². The van der Waals surface area contributed by atoms with Crippen molar-refractivity contribution in [3.8, 4) is 5.75 Å². The lowest BCUT2D eigenvalue weighted by molar-refractivity contribution is -0.131. The number of nitrogens with zero attached hydrogens (tertiary/aromatic N) is 2. The molecule has 4 aliphatic rings. The minimum absolute atomic E-state index is 0.0391. The van der Waals surface area contributed by atoms with Crippen LogP contribution < -0.4 is 14.5 Å². The minimum atomic E-state index is -1.17. The number of anilines is 2. The zero-order chi connectivity index (χ0) is 32.3. The van der Waals surface area contributed by atoms with Gasteiger partial charge in [-0.3, -0.25) is 24.1 Å². The molecule has 2 aliphatic heterocycles. The maximum atomic E-state index is 14.5. The molecule has 10 nitrogen and oxygen atoms in total. The van der Waals surface area contributed by atoms with Crippen LogP contribution in [0.25, 0.3) is 0 Å². The average molecular weight is 621 g/mol. The van der Waals surface area contributed by atoms with E-state index in [1.54, 1.807) is 42.5 Å². The van der Waals surface area contributed by atoms with E-state index in [9.17, 15) is 34.2 Å². The van der Waals surface area contributed by atoms with Crippen LogP contribution in [0.1, 0.15) is 41.6 Å². The Morgan fingerprint density at radius 1 is 0.870 bits per heavy atom. The first-order chi connectivity index (χ1) is 22.2. The van der Waals surface area contributed by atoms with Crippen LogP contribution in [-0.2, 0) is 19.2 Å². The summed E-state index contributed by atoms with van der Waals surface area (Å²) >= 11 is 0. The molecule has 2 saturated heterocycles. The van der Waals surface area contributed by atoms with Crippen LogP contribution in [-0.4, -0.2) is 53.0 Å². The number of carbonyl (C=O) groups is 5. The zero-order valence-electron chi connectivity index (χ0n) is 25.0. The fourth-order valence-corrected chi connectivity index (χ4v) is 8.17. The molecule has 2 heterocycles. The molecule has 3 fully saturated rings. The van der Waals surface area contributed by atoms with Gasteiger partial charge < -0.3 is 14.9 Å². The molecule has 2 aliphatic carbocycles. The standard InChI is InChI=1S/C36H32N2O8/c1-36-28(32(41)38(35(36)45)22-7-3-2-4-8-22)19-27-25(30(36)20-10-12-24(13-11-20)46-17-16-39)14-15-26-29(27)33(42)37(31(26)40)23-9-5-6-21(18-23)34(43)44/h2-14,18,26-30,39H,15-17,19H2,1H3,(H,43,44)/t26-,27+,28-,29-,30-,36+/m0/s1. The van der Waals surface area contributed by atoms with Gasteiger partial charge in [0, 0.05) is 5.92 Å². The fraction of sp³-hybridized carbons (Fsp3) is 0.306. The molecule has 234 valence electrons. The third-order valence-corrected chi connectivity index (χ3v) is 10.2. The lowest BCUT2D eigenvalue weighted by Gasteiger charge is -2.49. The number of ether oxygens (including phenoxy) is 1. The molecule has 4 amide bonds. The summed E-state index contributed by atoms with van der Waals surface area (Å²) in [4.78, 5) is 70.7. The van der Waals surface area contributed by atoms with Crippen molar-refractivity contribution in [2.24, 2.45) is 29.1 Å². The fourth-order valence-electron chi connectivity index (χ4n) is 8.17. The summed E-state index contributed by atoms with van der Waals surface area (Å²) in [5.74, 6) is -5.38. The molecule has 10 heteroatoms. The SMILES string of the molecule is C[C@@]12C(=O)N(c3ccccc3)C(=O)[C@@H]1C[C@@H]1C(=CC[C@@H]3C(=O)N(c4cccc(C(=O)O)c4)C(=O)[C@@H]31)[C@@H]2c1ccc(OCCO)cc1. The van der Waals surface area contributed by atoms with Crippen molar-refractivity contribution in [3.63, 3.8) is 0 Å². The van der Waals surface area contributed by atoms with E-state index < -0.39 is 52.8 Å². The van der Waals surface area contributed by atoms with E-state index in [4.69, 9.17) is 4.74 Å². The van der Waals surface area contributed by atoms with Crippen LogP contribution in [0.2, 0.25) is 0 Å². The van der Waals surface area contributed by atoms with Crippen LogP contribution in [0.3, 0.4) is 0 Å². The van der Waals surface area contributed by atoms with Gasteiger partial charge in [-0.2, -0.15) is 0 Å². The Kier molecular flexibility index (Phi) is 7.12. The van der Waals surface area contributed by atoms with Crippen molar-refractivity contribution in [2.45, 2.75) is 25.7 Å². The van der Waals surface area contributed by atoms with Crippen molar-refractivity contribution in [1.29, 1.82) is 0 Å². The summed E-state index contributed by atoms with van der Waals surface area (Å²) in [5, 5.41) is 18.7. The van der Waals surface area contributed by atoms with Gasteiger partial charge in [-0.25, -0.2) is 9.69 Å². The number of carbonyl (C=O) groups excluding carboxylic acids is 4. The second-order valence-electron chi connectivity index (χ2n) is 12.5. The van der Waals surface area contributed by atoms with Crippen LogP contribution in [0.5, 0.6) is 5.75 Å². The number of para-hydroxylation sites is 1. The number of carboxylic acids is 1. The maximum Gasteiger partial charge on any atom is 0.335 e. The maximum absolute atomic E-state index is 14.5.